The standard InChI is InChI=1S/C17H16N2O/c1-19-12-15(14-9-5-6-10-17(14)19)16(18-20)11-13-7-3-2-4-8-13/h2-12,18,20H,1H3. The summed E-state index contributed by atoms with van der Waals surface area (Å²) in [6.45, 7) is 0. The van der Waals surface area contributed by atoms with Crippen LogP contribution in [-0.4, -0.2) is 9.77 Å². The fourth-order valence-corrected chi connectivity index (χ4v) is 2.44. The Balaban J connectivity index is 2.15. The van der Waals surface area contributed by atoms with Crippen LogP contribution in [0.1, 0.15) is 11.1 Å². The highest BCUT2D eigenvalue weighted by atomic mass is 16.5. The molecule has 0 bridgehead atoms. The van der Waals surface area contributed by atoms with E-state index in [0.29, 0.717) is 5.70 Å². The average Bonchev–Trinajstić information content (AvgIpc) is 2.84. The van der Waals surface area contributed by atoms with Gasteiger partial charge in [0.05, 0.1) is 5.70 Å². The molecule has 2 N–H and O–H groups in total. The minimum Gasteiger partial charge on any atom is -0.350 e. The lowest BCUT2D eigenvalue weighted by atomic mass is 10.1. The largest absolute Gasteiger partial charge is 0.350 e. The number of fused-ring (bicyclic) bond motifs is 1. The number of hydrogen-bond acceptors (Lipinski definition) is 2. The summed E-state index contributed by atoms with van der Waals surface area (Å²) in [6, 6.07) is 18.1. The van der Waals surface area contributed by atoms with Crippen LogP contribution in [0.5, 0.6) is 0 Å². The number of hydroxylamine groups is 1. The fraction of sp³-hybridized carbons (Fsp3) is 0.0588. The van der Waals surface area contributed by atoms with Crippen molar-refractivity contribution in [1.82, 2.24) is 10.0 Å². The number of hydrogen-bond donors (Lipinski definition) is 2. The topological polar surface area (TPSA) is 37.2 Å². The molecular formula is C17H16N2O. The smallest absolute Gasteiger partial charge is 0.0701 e. The second-order valence-corrected chi connectivity index (χ2v) is 4.75. The van der Waals surface area contributed by atoms with E-state index in [-0.39, 0.29) is 0 Å². The first-order chi connectivity index (χ1) is 9.79. The first-order valence-corrected chi connectivity index (χ1v) is 6.51. The third-order valence-electron chi connectivity index (χ3n) is 3.42. The summed E-state index contributed by atoms with van der Waals surface area (Å²) in [4.78, 5) is 0. The molecule has 0 radical (unpaired) electrons. The SMILES string of the molecule is Cn1cc(C(=Cc2ccccc2)NO)c2ccccc21. The lowest BCUT2D eigenvalue weighted by Crippen LogP contribution is -2.05. The zero-order chi connectivity index (χ0) is 13.9. The van der Waals surface area contributed by atoms with Crippen LogP contribution in [0.25, 0.3) is 22.7 Å². The number of para-hydroxylation sites is 1. The Morgan fingerprint density at radius 2 is 1.75 bits per heavy atom. The van der Waals surface area contributed by atoms with E-state index in [1.54, 1.807) is 0 Å². The molecule has 0 saturated carbocycles. The summed E-state index contributed by atoms with van der Waals surface area (Å²) in [5, 5.41) is 10.6. The molecule has 0 saturated heterocycles. The van der Waals surface area contributed by atoms with Crippen LogP contribution in [0.15, 0.2) is 60.8 Å². The van der Waals surface area contributed by atoms with E-state index >= 15 is 0 Å². The number of nitrogens with one attached hydrogen (secondary N) is 1. The summed E-state index contributed by atoms with van der Waals surface area (Å²) in [5.74, 6) is 0. The molecule has 20 heavy (non-hydrogen) atoms. The molecule has 3 heteroatoms. The third kappa shape index (κ3) is 2.19. The predicted octanol–water partition coefficient (Wildman–Crippen LogP) is 3.66. The van der Waals surface area contributed by atoms with Crippen molar-refractivity contribution in [2.45, 2.75) is 0 Å². The predicted molar refractivity (Wildman–Crippen MR) is 82.2 cm³/mol. The van der Waals surface area contributed by atoms with Crippen molar-refractivity contribution < 1.29 is 5.21 Å². The minimum atomic E-state index is 0.688. The van der Waals surface area contributed by atoms with Gasteiger partial charge >= 0.3 is 0 Å². The molecule has 0 atom stereocenters. The van der Waals surface area contributed by atoms with Gasteiger partial charge in [0.1, 0.15) is 0 Å². The fourth-order valence-electron chi connectivity index (χ4n) is 2.44. The molecule has 2 aromatic carbocycles. The monoisotopic (exact) mass is 264 g/mol. The van der Waals surface area contributed by atoms with Crippen LogP contribution in [0.3, 0.4) is 0 Å². The number of nitrogens with zero attached hydrogens (tertiary/aromatic N) is 1. The van der Waals surface area contributed by atoms with Crippen molar-refractivity contribution in [3.05, 3.63) is 71.9 Å². The highest BCUT2D eigenvalue weighted by Gasteiger charge is 2.09. The molecule has 3 aromatic rings. The quantitative estimate of drug-likeness (QED) is 0.708. The summed E-state index contributed by atoms with van der Waals surface area (Å²) >= 11 is 0. The van der Waals surface area contributed by atoms with Gasteiger partial charge < -0.3 is 4.57 Å². The normalized spacial score (nSPS) is 11.8. The highest BCUT2D eigenvalue weighted by molar-refractivity contribution is 5.96. The van der Waals surface area contributed by atoms with Gasteiger partial charge in [0.25, 0.3) is 0 Å². The van der Waals surface area contributed by atoms with Crippen molar-refractivity contribution in [2.24, 2.45) is 7.05 Å². The zero-order valence-electron chi connectivity index (χ0n) is 11.2. The van der Waals surface area contributed by atoms with E-state index in [0.717, 1.165) is 22.0 Å². The molecule has 0 aliphatic rings. The molecule has 0 amide bonds. The van der Waals surface area contributed by atoms with E-state index in [1.807, 2.05) is 61.8 Å². The van der Waals surface area contributed by atoms with Crippen molar-refractivity contribution in [1.29, 1.82) is 0 Å². The van der Waals surface area contributed by atoms with Gasteiger partial charge in [0, 0.05) is 29.7 Å². The van der Waals surface area contributed by atoms with Gasteiger partial charge in [-0.2, -0.15) is 0 Å². The summed E-state index contributed by atoms with van der Waals surface area (Å²) in [5.41, 5.74) is 6.16. The Hall–Kier alpha value is -2.52. The van der Waals surface area contributed by atoms with Crippen molar-refractivity contribution in [2.75, 3.05) is 0 Å². The van der Waals surface area contributed by atoms with E-state index in [9.17, 15) is 5.21 Å². The van der Waals surface area contributed by atoms with Gasteiger partial charge in [-0.05, 0) is 17.7 Å². The van der Waals surface area contributed by atoms with Crippen LogP contribution in [0.2, 0.25) is 0 Å². The first kappa shape index (κ1) is 12.5. The van der Waals surface area contributed by atoms with Gasteiger partial charge in [-0.25, -0.2) is 0 Å². The first-order valence-electron chi connectivity index (χ1n) is 6.51. The lowest BCUT2D eigenvalue weighted by molar-refractivity contribution is 0.225. The summed E-state index contributed by atoms with van der Waals surface area (Å²) in [7, 11) is 2.00. The Morgan fingerprint density at radius 1 is 1.05 bits per heavy atom. The average molecular weight is 264 g/mol. The van der Waals surface area contributed by atoms with Crippen LogP contribution in [-0.2, 0) is 7.05 Å². The van der Waals surface area contributed by atoms with Crippen LogP contribution in [0, 0.1) is 0 Å². The van der Waals surface area contributed by atoms with E-state index in [4.69, 9.17) is 0 Å². The van der Waals surface area contributed by atoms with Crippen molar-refractivity contribution in [3.63, 3.8) is 0 Å². The molecule has 0 unspecified atom stereocenters. The molecule has 3 rings (SSSR count). The van der Waals surface area contributed by atoms with E-state index in [2.05, 4.69) is 22.2 Å². The molecule has 1 aromatic heterocycles. The number of rotatable bonds is 3. The maximum atomic E-state index is 9.48. The Morgan fingerprint density at radius 3 is 2.50 bits per heavy atom. The van der Waals surface area contributed by atoms with Crippen molar-refractivity contribution >= 4 is 22.7 Å². The third-order valence-corrected chi connectivity index (χ3v) is 3.42. The van der Waals surface area contributed by atoms with Crippen LogP contribution in [0.4, 0.5) is 0 Å². The summed E-state index contributed by atoms with van der Waals surface area (Å²) in [6.07, 6.45) is 3.95. The Labute approximate surface area is 117 Å². The maximum Gasteiger partial charge on any atom is 0.0701 e. The van der Waals surface area contributed by atoms with Gasteiger partial charge in [0.2, 0.25) is 0 Å². The lowest BCUT2D eigenvalue weighted by Gasteiger charge is -2.05. The van der Waals surface area contributed by atoms with Crippen molar-refractivity contribution in [3.8, 4) is 0 Å². The second-order valence-electron chi connectivity index (χ2n) is 4.75. The number of aromatic nitrogens is 1. The molecule has 0 spiro atoms. The molecule has 1 heterocycles. The van der Waals surface area contributed by atoms with Crippen LogP contribution >= 0.6 is 0 Å². The summed E-state index contributed by atoms with van der Waals surface area (Å²) < 4.78 is 2.06. The Bertz CT molecular complexity index is 757. The molecule has 0 fully saturated rings. The van der Waals surface area contributed by atoms with Gasteiger partial charge in [-0.15, -0.1) is 0 Å². The van der Waals surface area contributed by atoms with Gasteiger partial charge in [0.15, 0.2) is 0 Å². The molecular weight excluding hydrogens is 248 g/mol. The van der Waals surface area contributed by atoms with Crippen LogP contribution < -0.4 is 5.48 Å². The minimum absolute atomic E-state index is 0.688. The molecule has 0 aliphatic heterocycles. The Kier molecular flexibility index (Phi) is 3.27. The highest BCUT2D eigenvalue weighted by Crippen LogP contribution is 2.26. The second kappa shape index (κ2) is 5.23. The molecule has 3 nitrogen and oxygen atoms in total. The van der Waals surface area contributed by atoms with Gasteiger partial charge in [-0.1, -0.05) is 48.5 Å². The zero-order valence-corrected chi connectivity index (χ0v) is 11.2. The van der Waals surface area contributed by atoms with E-state index in [1.165, 1.54) is 0 Å². The maximum absolute atomic E-state index is 9.48. The number of aryl methyl sites for hydroxylation is 1. The molecule has 0 aliphatic carbocycles. The van der Waals surface area contributed by atoms with E-state index < -0.39 is 0 Å². The molecule has 100 valence electrons. The van der Waals surface area contributed by atoms with Gasteiger partial charge in [-0.3, -0.25) is 10.7 Å². The number of benzene rings is 2.